The summed E-state index contributed by atoms with van der Waals surface area (Å²) < 4.78 is 12.8. The summed E-state index contributed by atoms with van der Waals surface area (Å²) in [6, 6.07) is 9.12. The number of carbonyl (C=O) groups is 2. The Morgan fingerprint density at radius 2 is 1.95 bits per heavy atom. The van der Waals surface area contributed by atoms with E-state index < -0.39 is 6.04 Å². The van der Waals surface area contributed by atoms with E-state index in [1.165, 1.54) is 0 Å². The average molecular weight is 593 g/mol. The lowest BCUT2D eigenvalue weighted by Gasteiger charge is -2.39. The number of piperazine rings is 1. The SMILES string of the molecule is CCOCC(=O)NC(C1=Cc2cccnc2C(N2CCN(C(=O)OC(C)C)CC2)c2ccc(Cl)cc21)c1cncn1C. The summed E-state index contributed by atoms with van der Waals surface area (Å²) in [5.74, 6) is -0.232. The van der Waals surface area contributed by atoms with Crippen molar-refractivity contribution in [2.24, 2.45) is 7.05 Å². The molecule has 1 aliphatic carbocycles. The number of halogens is 1. The lowest BCUT2D eigenvalue weighted by atomic mass is 9.89. The van der Waals surface area contributed by atoms with E-state index in [1.54, 1.807) is 23.6 Å². The first-order valence-corrected chi connectivity index (χ1v) is 14.6. The van der Waals surface area contributed by atoms with Gasteiger partial charge in [0.2, 0.25) is 5.91 Å². The number of hydrogen-bond donors (Lipinski definition) is 1. The van der Waals surface area contributed by atoms with E-state index in [0.717, 1.165) is 33.7 Å². The number of fused-ring (bicyclic) bond motifs is 2. The molecule has 3 heterocycles. The van der Waals surface area contributed by atoms with E-state index in [4.69, 9.17) is 26.1 Å². The highest BCUT2D eigenvalue weighted by molar-refractivity contribution is 6.30. The molecular weight excluding hydrogens is 556 g/mol. The number of nitrogens with one attached hydrogen (secondary N) is 1. The van der Waals surface area contributed by atoms with Crippen LogP contribution in [0.3, 0.4) is 0 Å². The molecule has 1 saturated heterocycles. The Hall–Kier alpha value is -3.73. The Kier molecular flexibility index (Phi) is 9.25. The van der Waals surface area contributed by atoms with Crippen molar-refractivity contribution < 1.29 is 19.1 Å². The van der Waals surface area contributed by atoms with Gasteiger partial charge in [0.25, 0.3) is 0 Å². The van der Waals surface area contributed by atoms with Crippen LogP contribution in [-0.4, -0.2) is 81.8 Å². The fraction of sp³-hybridized carbons (Fsp3) is 0.419. The van der Waals surface area contributed by atoms with E-state index in [1.807, 2.05) is 62.7 Å². The molecule has 10 nitrogen and oxygen atoms in total. The van der Waals surface area contributed by atoms with Gasteiger partial charge < -0.3 is 24.3 Å². The molecule has 1 aromatic carbocycles. The minimum atomic E-state index is -0.530. The third-order valence-corrected chi connectivity index (χ3v) is 7.77. The monoisotopic (exact) mass is 592 g/mol. The molecule has 1 N–H and O–H groups in total. The second kappa shape index (κ2) is 13.1. The number of nitrogens with zero attached hydrogens (tertiary/aromatic N) is 5. The molecule has 2 unspecified atom stereocenters. The highest BCUT2D eigenvalue weighted by Crippen LogP contribution is 2.44. The maximum atomic E-state index is 13.1. The first-order valence-electron chi connectivity index (χ1n) is 14.3. The number of ether oxygens (including phenoxy) is 2. The number of rotatable bonds is 8. The highest BCUT2D eigenvalue weighted by atomic mass is 35.5. The molecule has 1 fully saturated rings. The Morgan fingerprint density at radius 3 is 2.64 bits per heavy atom. The van der Waals surface area contributed by atoms with Gasteiger partial charge in [0.15, 0.2) is 0 Å². The highest BCUT2D eigenvalue weighted by Gasteiger charge is 2.36. The molecule has 3 aromatic rings. The Morgan fingerprint density at radius 1 is 1.17 bits per heavy atom. The van der Waals surface area contributed by atoms with Gasteiger partial charge in [-0.2, -0.15) is 0 Å². The van der Waals surface area contributed by atoms with Gasteiger partial charge in [0.1, 0.15) is 6.61 Å². The molecule has 0 bridgehead atoms. The predicted molar refractivity (Wildman–Crippen MR) is 161 cm³/mol. The fourth-order valence-electron chi connectivity index (χ4n) is 5.59. The molecule has 42 heavy (non-hydrogen) atoms. The van der Waals surface area contributed by atoms with E-state index in [0.29, 0.717) is 37.8 Å². The number of carbonyl (C=O) groups excluding carboxylic acids is 2. The van der Waals surface area contributed by atoms with Gasteiger partial charge in [0, 0.05) is 51.1 Å². The van der Waals surface area contributed by atoms with Crippen molar-refractivity contribution in [3.05, 3.63) is 82.2 Å². The second-order valence-electron chi connectivity index (χ2n) is 10.7. The minimum absolute atomic E-state index is 0.0508. The van der Waals surface area contributed by atoms with Crippen molar-refractivity contribution in [3.63, 3.8) is 0 Å². The van der Waals surface area contributed by atoms with Crippen LogP contribution in [0.4, 0.5) is 4.79 Å². The molecule has 0 spiro atoms. The van der Waals surface area contributed by atoms with E-state index in [9.17, 15) is 9.59 Å². The third kappa shape index (κ3) is 6.35. The average Bonchev–Trinajstić information content (AvgIpc) is 3.34. The summed E-state index contributed by atoms with van der Waals surface area (Å²) in [6.45, 7) is 8.31. The molecule has 5 rings (SSSR count). The van der Waals surface area contributed by atoms with E-state index >= 15 is 0 Å². The molecule has 2 aromatic heterocycles. The minimum Gasteiger partial charge on any atom is -0.447 e. The topological polar surface area (TPSA) is 102 Å². The van der Waals surface area contributed by atoms with Gasteiger partial charge in [-0.1, -0.05) is 23.7 Å². The van der Waals surface area contributed by atoms with Crippen LogP contribution in [0.5, 0.6) is 0 Å². The number of hydrogen-bond acceptors (Lipinski definition) is 7. The van der Waals surface area contributed by atoms with E-state index in [2.05, 4.69) is 21.3 Å². The lowest BCUT2D eigenvalue weighted by Crippen LogP contribution is -2.50. The maximum Gasteiger partial charge on any atom is 0.410 e. The standard InChI is InChI=1S/C31H37ClN6O4/c1-5-41-18-27(39)35-29(26-17-33-19-36(26)4)25-15-21-7-6-10-34-28(21)30(23-9-8-22(32)16-24(23)25)37-11-13-38(14-12-37)31(40)42-20(2)3/h6-10,15-17,19-20,29-30H,5,11-14,18H2,1-4H3,(H,35,39). The van der Waals surface area contributed by atoms with Crippen LogP contribution in [0.15, 0.2) is 49.1 Å². The number of amides is 2. The zero-order chi connectivity index (χ0) is 29.8. The molecule has 0 radical (unpaired) electrons. The molecule has 1 aliphatic heterocycles. The summed E-state index contributed by atoms with van der Waals surface area (Å²) in [6.07, 6.45) is 6.91. The van der Waals surface area contributed by atoms with Crippen LogP contribution in [0, 0.1) is 0 Å². The third-order valence-electron chi connectivity index (χ3n) is 7.54. The molecule has 2 atom stereocenters. The number of aromatic nitrogens is 3. The molecule has 11 heteroatoms. The normalized spacial score (nSPS) is 17.6. The molecule has 222 valence electrons. The van der Waals surface area contributed by atoms with Crippen LogP contribution in [0.2, 0.25) is 5.02 Å². The van der Waals surface area contributed by atoms with Crippen molar-refractivity contribution in [2.45, 2.75) is 39.0 Å². The van der Waals surface area contributed by atoms with Crippen LogP contribution < -0.4 is 5.32 Å². The van der Waals surface area contributed by atoms with Crippen LogP contribution in [-0.2, 0) is 21.3 Å². The Bertz CT molecular complexity index is 1460. The Balaban J connectivity index is 1.58. The summed E-state index contributed by atoms with van der Waals surface area (Å²) in [5.41, 5.74) is 5.47. The number of imidazole rings is 1. The van der Waals surface area contributed by atoms with Gasteiger partial charge in [-0.15, -0.1) is 0 Å². The quantitative estimate of drug-likeness (QED) is 0.412. The second-order valence-corrected chi connectivity index (χ2v) is 11.2. The zero-order valence-electron chi connectivity index (χ0n) is 24.4. The van der Waals surface area contributed by atoms with Crippen LogP contribution >= 0.6 is 11.6 Å². The number of aryl methyl sites for hydroxylation is 1. The van der Waals surface area contributed by atoms with Crippen molar-refractivity contribution >= 4 is 35.3 Å². The van der Waals surface area contributed by atoms with Crippen molar-refractivity contribution in [2.75, 3.05) is 39.4 Å². The summed E-state index contributed by atoms with van der Waals surface area (Å²) in [5, 5.41) is 3.77. The number of pyridine rings is 1. The molecular formula is C31H37ClN6O4. The molecule has 0 saturated carbocycles. The van der Waals surface area contributed by atoms with Gasteiger partial charge in [-0.05, 0) is 67.3 Å². The summed E-state index contributed by atoms with van der Waals surface area (Å²) in [4.78, 5) is 39.0. The summed E-state index contributed by atoms with van der Waals surface area (Å²) in [7, 11) is 1.91. The van der Waals surface area contributed by atoms with Crippen molar-refractivity contribution in [1.82, 2.24) is 29.7 Å². The van der Waals surface area contributed by atoms with Gasteiger partial charge in [-0.25, -0.2) is 9.78 Å². The fourth-order valence-corrected chi connectivity index (χ4v) is 5.76. The number of benzene rings is 1. The predicted octanol–water partition coefficient (Wildman–Crippen LogP) is 4.47. The van der Waals surface area contributed by atoms with Crippen molar-refractivity contribution in [3.8, 4) is 0 Å². The first-order chi connectivity index (χ1) is 20.3. The van der Waals surface area contributed by atoms with Crippen LogP contribution in [0.1, 0.15) is 60.9 Å². The van der Waals surface area contributed by atoms with Gasteiger partial charge in [0.05, 0.1) is 42.1 Å². The van der Waals surface area contributed by atoms with Crippen LogP contribution in [0.25, 0.3) is 11.6 Å². The van der Waals surface area contributed by atoms with E-state index in [-0.39, 0.29) is 30.8 Å². The zero-order valence-corrected chi connectivity index (χ0v) is 25.2. The molecule has 2 aliphatic rings. The smallest absolute Gasteiger partial charge is 0.410 e. The first kappa shape index (κ1) is 29.8. The van der Waals surface area contributed by atoms with Gasteiger partial charge in [-0.3, -0.25) is 14.7 Å². The largest absolute Gasteiger partial charge is 0.447 e. The summed E-state index contributed by atoms with van der Waals surface area (Å²) >= 11 is 6.63. The lowest BCUT2D eigenvalue weighted by molar-refractivity contribution is -0.125. The van der Waals surface area contributed by atoms with Crippen molar-refractivity contribution in [1.29, 1.82) is 0 Å². The molecule has 2 amide bonds. The Labute approximate surface area is 251 Å². The van der Waals surface area contributed by atoms with Gasteiger partial charge >= 0.3 is 6.09 Å². The maximum absolute atomic E-state index is 13.1.